The second-order valence-electron chi connectivity index (χ2n) is 8.10. The van der Waals surface area contributed by atoms with Crippen LogP contribution in [0.15, 0.2) is 18.2 Å². The molecule has 0 spiro atoms. The predicted octanol–water partition coefficient (Wildman–Crippen LogP) is 2.76. The van der Waals surface area contributed by atoms with Crippen LogP contribution in [0.2, 0.25) is 5.02 Å². The van der Waals surface area contributed by atoms with Crippen molar-refractivity contribution in [3.8, 4) is 0 Å². The molecule has 152 valence electrons. The Kier molecular flexibility index (Phi) is 6.28. The lowest BCUT2D eigenvalue weighted by Gasteiger charge is -2.27. The number of nitrogens with zero attached hydrogens (tertiary/aromatic N) is 2. The summed E-state index contributed by atoms with van der Waals surface area (Å²) in [5.41, 5.74) is 1.67. The highest BCUT2D eigenvalue weighted by atomic mass is 35.5. The Hall–Kier alpha value is -2.08. The molecule has 7 heteroatoms. The summed E-state index contributed by atoms with van der Waals surface area (Å²) in [4.78, 5) is 41.6. The van der Waals surface area contributed by atoms with Gasteiger partial charge in [-0.3, -0.25) is 14.4 Å². The Bertz CT molecular complexity index is 774. The number of anilines is 1. The number of amides is 3. The van der Waals surface area contributed by atoms with Crippen LogP contribution < -0.4 is 10.2 Å². The van der Waals surface area contributed by atoms with E-state index in [4.69, 9.17) is 11.6 Å². The van der Waals surface area contributed by atoms with Gasteiger partial charge in [-0.15, -0.1) is 0 Å². The molecule has 0 aliphatic carbocycles. The van der Waals surface area contributed by atoms with E-state index < -0.39 is 12.0 Å². The first-order valence-corrected chi connectivity index (χ1v) is 10.3. The van der Waals surface area contributed by atoms with Crippen molar-refractivity contribution >= 4 is 35.0 Å². The van der Waals surface area contributed by atoms with Crippen molar-refractivity contribution in [2.45, 2.75) is 46.1 Å². The fourth-order valence-corrected chi connectivity index (χ4v) is 4.07. The van der Waals surface area contributed by atoms with Gasteiger partial charge in [-0.1, -0.05) is 31.5 Å². The molecule has 2 heterocycles. The average molecular weight is 406 g/mol. The first kappa shape index (κ1) is 20.6. The molecule has 0 saturated carbocycles. The number of likely N-dealkylation sites (tertiary alicyclic amines) is 1. The highest BCUT2D eigenvalue weighted by Gasteiger charge is 2.38. The molecule has 3 amide bonds. The van der Waals surface area contributed by atoms with Crippen LogP contribution >= 0.6 is 11.6 Å². The molecule has 2 saturated heterocycles. The van der Waals surface area contributed by atoms with E-state index in [9.17, 15) is 14.4 Å². The van der Waals surface area contributed by atoms with Gasteiger partial charge in [0.1, 0.15) is 6.04 Å². The van der Waals surface area contributed by atoms with Crippen molar-refractivity contribution in [3.05, 3.63) is 28.8 Å². The van der Waals surface area contributed by atoms with Crippen LogP contribution in [0.3, 0.4) is 0 Å². The van der Waals surface area contributed by atoms with Crippen LogP contribution in [-0.2, 0) is 14.4 Å². The van der Waals surface area contributed by atoms with Gasteiger partial charge in [-0.05, 0) is 43.4 Å². The molecule has 0 bridgehead atoms. The molecule has 2 fully saturated rings. The molecule has 1 N–H and O–H groups in total. The number of rotatable bonds is 5. The van der Waals surface area contributed by atoms with E-state index in [0.29, 0.717) is 11.6 Å². The van der Waals surface area contributed by atoms with Crippen LogP contribution in [0.5, 0.6) is 0 Å². The van der Waals surface area contributed by atoms with E-state index in [2.05, 4.69) is 5.32 Å². The molecule has 1 aromatic rings. The summed E-state index contributed by atoms with van der Waals surface area (Å²) < 4.78 is 0. The van der Waals surface area contributed by atoms with E-state index in [1.165, 1.54) is 0 Å². The summed E-state index contributed by atoms with van der Waals surface area (Å²) in [6, 6.07) is 4.84. The van der Waals surface area contributed by atoms with Crippen LogP contribution in [0.4, 0.5) is 5.69 Å². The Morgan fingerprint density at radius 3 is 2.54 bits per heavy atom. The predicted molar refractivity (Wildman–Crippen MR) is 109 cm³/mol. The molecule has 2 aliphatic heterocycles. The van der Waals surface area contributed by atoms with Gasteiger partial charge in [0, 0.05) is 36.8 Å². The maximum absolute atomic E-state index is 12.9. The second kappa shape index (κ2) is 8.52. The van der Waals surface area contributed by atoms with Gasteiger partial charge in [-0.2, -0.15) is 0 Å². The fourth-order valence-electron chi connectivity index (χ4n) is 3.91. The highest BCUT2D eigenvalue weighted by molar-refractivity contribution is 6.31. The Morgan fingerprint density at radius 1 is 1.21 bits per heavy atom. The zero-order valence-corrected chi connectivity index (χ0v) is 17.5. The van der Waals surface area contributed by atoms with Crippen LogP contribution in [0, 0.1) is 18.8 Å². The fraction of sp³-hybridized carbons (Fsp3) is 0.571. The largest absolute Gasteiger partial charge is 0.344 e. The topological polar surface area (TPSA) is 69.7 Å². The van der Waals surface area contributed by atoms with Gasteiger partial charge in [-0.25, -0.2) is 0 Å². The van der Waals surface area contributed by atoms with E-state index in [0.717, 1.165) is 37.2 Å². The summed E-state index contributed by atoms with van der Waals surface area (Å²) >= 11 is 6.08. The minimum Gasteiger partial charge on any atom is -0.344 e. The van der Waals surface area contributed by atoms with E-state index in [1.54, 1.807) is 17.0 Å². The van der Waals surface area contributed by atoms with Gasteiger partial charge in [0.15, 0.2) is 0 Å². The molecule has 2 atom stereocenters. The van der Waals surface area contributed by atoms with Crippen molar-refractivity contribution in [2.75, 3.05) is 24.5 Å². The van der Waals surface area contributed by atoms with Crippen molar-refractivity contribution in [1.29, 1.82) is 0 Å². The summed E-state index contributed by atoms with van der Waals surface area (Å²) in [5.74, 6) is -0.842. The maximum atomic E-state index is 12.9. The molecule has 6 nitrogen and oxygen atoms in total. The number of hydrogen-bond acceptors (Lipinski definition) is 3. The molecular formula is C21H28ClN3O3. The summed E-state index contributed by atoms with van der Waals surface area (Å²) in [7, 11) is 0. The Labute approximate surface area is 171 Å². The van der Waals surface area contributed by atoms with Crippen molar-refractivity contribution in [3.63, 3.8) is 0 Å². The Balaban J connectivity index is 1.69. The number of nitrogens with one attached hydrogen (secondary N) is 1. The molecule has 1 aromatic carbocycles. The van der Waals surface area contributed by atoms with Crippen molar-refractivity contribution in [2.24, 2.45) is 11.8 Å². The van der Waals surface area contributed by atoms with E-state index in [1.807, 2.05) is 31.7 Å². The maximum Gasteiger partial charge on any atom is 0.245 e. The van der Waals surface area contributed by atoms with Gasteiger partial charge in [0.2, 0.25) is 17.7 Å². The second-order valence-corrected chi connectivity index (χ2v) is 8.54. The Morgan fingerprint density at radius 2 is 1.89 bits per heavy atom. The number of aryl methyl sites for hydroxylation is 1. The molecular weight excluding hydrogens is 378 g/mol. The smallest absolute Gasteiger partial charge is 0.245 e. The molecule has 0 radical (unpaired) electrons. The van der Waals surface area contributed by atoms with Crippen molar-refractivity contribution < 1.29 is 14.4 Å². The number of benzene rings is 1. The monoisotopic (exact) mass is 405 g/mol. The zero-order chi connectivity index (χ0) is 20.4. The van der Waals surface area contributed by atoms with Gasteiger partial charge >= 0.3 is 0 Å². The first-order valence-electron chi connectivity index (χ1n) is 9.93. The van der Waals surface area contributed by atoms with Crippen molar-refractivity contribution in [1.82, 2.24) is 10.2 Å². The van der Waals surface area contributed by atoms with Crippen LogP contribution in [-0.4, -0.2) is 48.3 Å². The number of halogens is 1. The number of hydrogen-bond donors (Lipinski definition) is 1. The van der Waals surface area contributed by atoms with Gasteiger partial charge in [0.25, 0.3) is 0 Å². The lowest BCUT2D eigenvalue weighted by Crippen LogP contribution is -2.52. The summed E-state index contributed by atoms with van der Waals surface area (Å²) in [6.07, 6.45) is 2.16. The average Bonchev–Trinajstić information content (AvgIpc) is 3.30. The third kappa shape index (κ3) is 4.32. The van der Waals surface area contributed by atoms with Crippen LogP contribution in [0.1, 0.15) is 38.7 Å². The normalized spacial score (nSPS) is 20.8. The highest BCUT2D eigenvalue weighted by Crippen LogP contribution is 2.30. The molecule has 0 aromatic heterocycles. The van der Waals surface area contributed by atoms with Gasteiger partial charge < -0.3 is 15.1 Å². The summed E-state index contributed by atoms with van der Waals surface area (Å²) in [5, 5.41) is 3.47. The minimum atomic E-state index is -0.553. The third-order valence-electron chi connectivity index (χ3n) is 5.61. The molecule has 2 aliphatic rings. The molecule has 3 rings (SSSR count). The zero-order valence-electron chi connectivity index (χ0n) is 16.7. The first-order chi connectivity index (χ1) is 13.3. The minimum absolute atomic E-state index is 0.0135. The summed E-state index contributed by atoms with van der Waals surface area (Å²) in [6.45, 7) is 7.58. The molecule has 1 unspecified atom stereocenters. The number of carbonyl (C=O) groups is 3. The van der Waals surface area contributed by atoms with E-state index >= 15 is 0 Å². The lowest BCUT2D eigenvalue weighted by molar-refractivity contribution is -0.137. The van der Waals surface area contributed by atoms with Gasteiger partial charge in [0.05, 0.1) is 5.92 Å². The quantitative estimate of drug-likeness (QED) is 0.818. The molecule has 28 heavy (non-hydrogen) atoms. The number of carbonyl (C=O) groups excluding carboxylic acids is 3. The lowest BCUT2D eigenvalue weighted by atomic mass is 10.0. The third-order valence-corrected chi connectivity index (χ3v) is 5.84. The standard InChI is InChI=1S/C21H28ClN3O3/c1-13(2)19(21(28)24-8-4-5-9-24)23-20(27)15-10-18(26)25(12-15)17-11-16(22)7-6-14(17)3/h6-7,11,13,15,19H,4-5,8-10,12H2,1-3H3,(H,23,27)/t15?,19-/m0/s1. The van der Waals surface area contributed by atoms with Crippen LogP contribution in [0.25, 0.3) is 0 Å². The SMILES string of the molecule is Cc1ccc(Cl)cc1N1CC(C(=O)N[C@H](C(=O)N2CCCC2)C(C)C)CC1=O. The van der Waals surface area contributed by atoms with E-state index in [-0.39, 0.29) is 30.1 Å².